The number of rotatable bonds is 6. The van der Waals surface area contributed by atoms with Crippen molar-refractivity contribution in [1.82, 2.24) is 14.8 Å². The molecule has 0 radical (unpaired) electrons. The second-order valence-electron chi connectivity index (χ2n) is 5.63. The van der Waals surface area contributed by atoms with Crippen LogP contribution in [0.25, 0.3) is 5.69 Å². The number of hydrogen-bond donors (Lipinski definition) is 1. The molecular formula is C19H20N4O. The fraction of sp³-hybridized carbons (Fsp3) is 0.211. The lowest BCUT2D eigenvalue weighted by Gasteiger charge is -2.16. The van der Waals surface area contributed by atoms with Gasteiger partial charge in [0.1, 0.15) is 12.7 Å². The molecule has 0 fully saturated rings. The minimum absolute atomic E-state index is 0.0246. The fourth-order valence-corrected chi connectivity index (χ4v) is 2.69. The van der Waals surface area contributed by atoms with Crippen molar-refractivity contribution in [3.05, 3.63) is 72.8 Å². The van der Waals surface area contributed by atoms with Gasteiger partial charge in [-0.25, -0.2) is 9.67 Å². The lowest BCUT2D eigenvalue weighted by Crippen LogP contribution is -2.21. The van der Waals surface area contributed by atoms with Crippen LogP contribution >= 0.6 is 0 Å². The van der Waals surface area contributed by atoms with E-state index in [4.69, 9.17) is 0 Å². The first-order valence-corrected chi connectivity index (χ1v) is 8.09. The molecule has 3 rings (SSSR count). The van der Waals surface area contributed by atoms with Crippen LogP contribution in [0.15, 0.2) is 67.3 Å². The van der Waals surface area contributed by atoms with Crippen LogP contribution < -0.4 is 5.32 Å². The molecule has 0 bridgehead atoms. The molecule has 0 saturated carbocycles. The Bertz CT molecular complexity index is 767. The zero-order valence-electron chi connectivity index (χ0n) is 13.6. The smallest absolute Gasteiger partial charge is 0.231 e. The van der Waals surface area contributed by atoms with Gasteiger partial charge in [-0.3, -0.25) is 4.79 Å². The number of amides is 1. The third-order valence-electron chi connectivity index (χ3n) is 3.91. The normalized spacial score (nSPS) is 11.9. The summed E-state index contributed by atoms with van der Waals surface area (Å²) in [6.07, 6.45) is 4.91. The van der Waals surface area contributed by atoms with Crippen molar-refractivity contribution in [2.45, 2.75) is 25.7 Å². The molecule has 0 aliphatic carbocycles. The van der Waals surface area contributed by atoms with E-state index in [-0.39, 0.29) is 11.8 Å². The zero-order chi connectivity index (χ0) is 16.8. The van der Waals surface area contributed by atoms with Crippen molar-refractivity contribution in [3.8, 4) is 5.69 Å². The second-order valence-corrected chi connectivity index (χ2v) is 5.63. The van der Waals surface area contributed by atoms with Crippen molar-refractivity contribution >= 4 is 11.6 Å². The molecule has 3 aromatic rings. The Morgan fingerprint density at radius 1 is 1.12 bits per heavy atom. The maximum Gasteiger partial charge on any atom is 0.231 e. The van der Waals surface area contributed by atoms with Crippen LogP contribution in [0.5, 0.6) is 0 Å². The van der Waals surface area contributed by atoms with Gasteiger partial charge in [0.15, 0.2) is 0 Å². The van der Waals surface area contributed by atoms with Gasteiger partial charge >= 0.3 is 0 Å². The highest BCUT2D eigenvalue weighted by Gasteiger charge is 2.19. The summed E-state index contributed by atoms with van der Waals surface area (Å²) in [5, 5.41) is 7.10. The number of nitrogens with zero attached hydrogens (tertiary/aromatic N) is 3. The number of anilines is 1. The van der Waals surface area contributed by atoms with Crippen molar-refractivity contribution in [1.29, 1.82) is 0 Å². The monoisotopic (exact) mass is 320 g/mol. The van der Waals surface area contributed by atoms with Crippen LogP contribution in [0.4, 0.5) is 5.69 Å². The van der Waals surface area contributed by atoms with Crippen LogP contribution in [0, 0.1) is 0 Å². The highest BCUT2D eigenvalue weighted by Crippen LogP contribution is 2.23. The van der Waals surface area contributed by atoms with Gasteiger partial charge < -0.3 is 5.32 Å². The van der Waals surface area contributed by atoms with Crippen molar-refractivity contribution in [2.24, 2.45) is 0 Å². The van der Waals surface area contributed by atoms with E-state index in [1.807, 2.05) is 54.6 Å². The lowest BCUT2D eigenvalue weighted by molar-refractivity contribution is -0.117. The third kappa shape index (κ3) is 3.68. The molecule has 0 spiro atoms. The molecule has 1 aromatic heterocycles. The Labute approximate surface area is 141 Å². The molecular weight excluding hydrogens is 300 g/mol. The molecule has 1 N–H and O–H groups in total. The SMILES string of the molecule is CCCC(C(=O)Nc1ccc(-n2cncn2)cc1)c1ccccc1. The van der Waals surface area contributed by atoms with Crippen molar-refractivity contribution in [3.63, 3.8) is 0 Å². The van der Waals surface area contributed by atoms with E-state index in [0.717, 1.165) is 29.8 Å². The molecule has 5 nitrogen and oxygen atoms in total. The van der Waals surface area contributed by atoms with Gasteiger partial charge in [0.05, 0.1) is 11.6 Å². The maximum absolute atomic E-state index is 12.7. The Morgan fingerprint density at radius 2 is 1.88 bits per heavy atom. The van der Waals surface area contributed by atoms with Gasteiger partial charge in [-0.1, -0.05) is 43.7 Å². The average molecular weight is 320 g/mol. The fourth-order valence-electron chi connectivity index (χ4n) is 2.69. The number of aromatic nitrogens is 3. The molecule has 24 heavy (non-hydrogen) atoms. The number of carbonyl (C=O) groups excluding carboxylic acids is 1. The Balaban J connectivity index is 1.73. The highest BCUT2D eigenvalue weighted by molar-refractivity contribution is 5.95. The standard InChI is InChI=1S/C19H20N4O/c1-2-6-18(15-7-4-3-5-8-15)19(24)22-16-9-11-17(12-10-16)23-14-20-13-21-23/h3-5,7-14,18H,2,6H2,1H3,(H,22,24). The molecule has 1 unspecified atom stereocenters. The first kappa shape index (κ1) is 15.9. The summed E-state index contributed by atoms with van der Waals surface area (Å²) in [6, 6.07) is 17.5. The van der Waals surface area contributed by atoms with E-state index < -0.39 is 0 Å². The van der Waals surface area contributed by atoms with Gasteiger partial charge in [0.25, 0.3) is 0 Å². The van der Waals surface area contributed by atoms with E-state index in [1.54, 1.807) is 11.0 Å². The molecule has 5 heteroatoms. The Morgan fingerprint density at radius 3 is 2.50 bits per heavy atom. The van der Waals surface area contributed by atoms with Gasteiger partial charge in [-0.2, -0.15) is 5.10 Å². The van der Waals surface area contributed by atoms with E-state index in [0.29, 0.717) is 0 Å². The van der Waals surface area contributed by atoms with E-state index in [9.17, 15) is 4.79 Å². The summed E-state index contributed by atoms with van der Waals surface area (Å²) < 4.78 is 1.68. The number of nitrogens with one attached hydrogen (secondary N) is 1. The van der Waals surface area contributed by atoms with Crippen LogP contribution in [-0.4, -0.2) is 20.7 Å². The molecule has 0 saturated heterocycles. The molecule has 1 atom stereocenters. The second kappa shape index (κ2) is 7.55. The first-order chi connectivity index (χ1) is 11.8. The minimum atomic E-state index is -0.133. The summed E-state index contributed by atoms with van der Waals surface area (Å²) in [6.45, 7) is 2.09. The third-order valence-corrected chi connectivity index (χ3v) is 3.91. The molecule has 0 aliphatic rings. The molecule has 1 heterocycles. The Hall–Kier alpha value is -2.95. The molecule has 1 amide bonds. The van der Waals surface area contributed by atoms with Crippen LogP contribution in [0.3, 0.4) is 0 Å². The van der Waals surface area contributed by atoms with Gasteiger partial charge in [-0.15, -0.1) is 0 Å². The first-order valence-electron chi connectivity index (χ1n) is 8.09. The largest absolute Gasteiger partial charge is 0.326 e. The predicted molar refractivity (Wildman–Crippen MR) is 94.1 cm³/mol. The summed E-state index contributed by atoms with van der Waals surface area (Å²) in [4.78, 5) is 16.6. The van der Waals surface area contributed by atoms with E-state index >= 15 is 0 Å². The minimum Gasteiger partial charge on any atom is -0.326 e. The predicted octanol–water partition coefficient (Wildman–Crippen LogP) is 3.79. The number of benzene rings is 2. The van der Waals surface area contributed by atoms with Gasteiger partial charge in [-0.05, 0) is 36.2 Å². The van der Waals surface area contributed by atoms with Crippen LogP contribution in [-0.2, 0) is 4.79 Å². The summed E-state index contributed by atoms with van der Waals surface area (Å²) in [5.74, 6) is -0.109. The van der Waals surface area contributed by atoms with Gasteiger partial charge in [0.2, 0.25) is 5.91 Å². The summed E-state index contributed by atoms with van der Waals surface area (Å²) in [7, 11) is 0. The zero-order valence-corrected chi connectivity index (χ0v) is 13.6. The number of carbonyl (C=O) groups is 1. The van der Waals surface area contributed by atoms with E-state index in [2.05, 4.69) is 22.3 Å². The van der Waals surface area contributed by atoms with Crippen molar-refractivity contribution < 1.29 is 4.79 Å². The van der Waals surface area contributed by atoms with Crippen LogP contribution in [0.2, 0.25) is 0 Å². The molecule has 122 valence electrons. The topological polar surface area (TPSA) is 59.8 Å². The van der Waals surface area contributed by atoms with E-state index in [1.165, 1.54) is 6.33 Å². The van der Waals surface area contributed by atoms with Gasteiger partial charge in [0, 0.05) is 5.69 Å². The quantitative estimate of drug-likeness (QED) is 0.751. The van der Waals surface area contributed by atoms with Crippen molar-refractivity contribution in [2.75, 3.05) is 5.32 Å². The van der Waals surface area contributed by atoms with Crippen LogP contribution in [0.1, 0.15) is 31.2 Å². The molecule has 2 aromatic carbocycles. The average Bonchev–Trinajstić information content (AvgIpc) is 3.15. The Kier molecular flexibility index (Phi) is 5.01. The summed E-state index contributed by atoms with van der Waals surface area (Å²) in [5.41, 5.74) is 2.73. The lowest BCUT2D eigenvalue weighted by atomic mass is 9.93. The molecule has 0 aliphatic heterocycles. The highest BCUT2D eigenvalue weighted by atomic mass is 16.1. The number of hydrogen-bond acceptors (Lipinski definition) is 3. The maximum atomic E-state index is 12.7. The summed E-state index contributed by atoms with van der Waals surface area (Å²) >= 11 is 0.